The summed E-state index contributed by atoms with van der Waals surface area (Å²) < 4.78 is 45.1. The van der Waals surface area contributed by atoms with Crippen molar-refractivity contribution in [1.29, 1.82) is 0 Å². The zero-order valence-electron chi connectivity index (χ0n) is 15.1. The minimum Gasteiger partial charge on any atom is -0.433 e. The zero-order chi connectivity index (χ0) is 21.0. The number of anilines is 2. The first-order valence-corrected chi connectivity index (χ1v) is 9.61. The molecule has 0 aliphatic rings. The highest BCUT2D eigenvalue weighted by atomic mass is 79.9. The lowest BCUT2D eigenvalue weighted by molar-refractivity contribution is -0.0493. The summed E-state index contributed by atoms with van der Waals surface area (Å²) in [6, 6.07) is 10.9. The van der Waals surface area contributed by atoms with E-state index in [9.17, 15) is 13.2 Å². The largest absolute Gasteiger partial charge is 0.433 e. The molecule has 0 radical (unpaired) electrons. The fourth-order valence-corrected chi connectivity index (χ4v) is 3.16. The van der Waals surface area contributed by atoms with Crippen LogP contribution in [0.4, 0.5) is 24.7 Å². The summed E-state index contributed by atoms with van der Waals surface area (Å²) in [7, 11) is 0. The Morgan fingerprint density at radius 2 is 1.93 bits per heavy atom. The highest BCUT2D eigenvalue weighted by Gasteiger charge is 2.13. The number of aromatic nitrogens is 2. The number of aryl methyl sites for hydroxylation is 1. The Labute approximate surface area is 179 Å². The Hall–Kier alpha value is -2.59. The molecule has 5 nitrogen and oxygen atoms in total. The number of nitrogens with zero attached hydrogens (tertiary/aromatic N) is 2. The third kappa shape index (κ3) is 5.94. The monoisotopic (exact) mass is 484 g/mol. The smallest absolute Gasteiger partial charge is 0.387 e. The second-order valence-electron chi connectivity index (χ2n) is 6.11. The summed E-state index contributed by atoms with van der Waals surface area (Å²) in [5, 5.41) is 10.3. The fraction of sp³-hybridized carbons (Fsp3) is 0.158. The van der Waals surface area contributed by atoms with Gasteiger partial charge in [0.25, 0.3) is 0 Å². The van der Waals surface area contributed by atoms with Crippen LogP contribution in [-0.2, 0) is 6.54 Å². The molecule has 29 heavy (non-hydrogen) atoms. The lowest BCUT2D eigenvalue weighted by Gasteiger charge is -2.14. The first kappa shape index (κ1) is 21.1. The molecule has 0 atom stereocenters. The van der Waals surface area contributed by atoms with Gasteiger partial charge in [0.2, 0.25) is 0 Å². The van der Waals surface area contributed by atoms with Gasteiger partial charge in [0, 0.05) is 6.20 Å². The van der Waals surface area contributed by atoms with E-state index in [1.54, 1.807) is 35.1 Å². The highest BCUT2D eigenvalue weighted by Crippen LogP contribution is 2.28. The van der Waals surface area contributed by atoms with E-state index in [0.29, 0.717) is 22.5 Å². The van der Waals surface area contributed by atoms with Crippen LogP contribution in [0.2, 0.25) is 0 Å². The van der Waals surface area contributed by atoms with E-state index in [0.717, 1.165) is 11.1 Å². The second kappa shape index (κ2) is 9.27. The van der Waals surface area contributed by atoms with Crippen molar-refractivity contribution >= 4 is 44.8 Å². The van der Waals surface area contributed by atoms with Crippen LogP contribution in [0, 0.1) is 12.7 Å². The van der Waals surface area contributed by atoms with Crippen molar-refractivity contribution in [1.82, 2.24) is 9.78 Å². The fourth-order valence-electron chi connectivity index (χ4n) is 2.54. The molecule has 10 heteroatoms. The summed E-state index contributed by atoms with van der Waals surface area (Å²) in [5.74, 6) is 0.116. The Bertz CT molecular complexity index is 1010. The van der Waals surface area contributed by atoms with E-state index in [1.807, 2.05) is 6.92 Å². The molecule has 0 fully saturated rings. The van der Waals surface area contributed by atoms with Crippen LogP contribution in [0.1, 0.15) is 11.1 Å². The van der Waals surface area contributed by atoms with Crippen LogP contribution in [0.25, 0.3) is 0 Å². The van der Waals surface area contributed by atoms with Gasteiger partial charge in [-0.2, -0.15) is 13.9 Å². The molecule has 0 unspecified atom stereocenters. The minimum atomic E-state index is -2.95. The van der Waals surface area contributed by atoms with Gasteiger partial charge in [-0.15, -0.1) is 0 Å². The van der Waals surface area contributed by atoms with Crippen molar-refractivity contribution in [3.63, 3.8) is 0 Å². The average molecular weight is 485 g/mol. The topological polar surface area (TPSA) is 51.1 Å². The number of hydrogen-bond donors (Lipinski definition) is 2. The molecule has 1 heterocycles. The summed E-state index contributed by atoms with van der Waals surface area (Å²) in [4.78, 5) is 0. The van der Waals surface area contributed by atoms with Crippen LogP contribution < -0.4 is 15.4 Å². The van der Waals surface area contributed by atoms with Crippen molar-refractivity contribution in [2.75, 3.05) is 10.6 Å². The summed E-state index contributed by atoms with van der Waals surface area (Å²) in [6.07, 6.45) is 1.74. The third-order valence-corrected chi connectivity index (χ3v) is 4.59. The SMILES string of the molecule is Cc1ccc(OC(F)F)c(NC(=S)Nc2nn(Cc3ccc(F)cc3)cc2Br)c1. The number of benzene rings is 2. The molecule has 0 saturated carbocycles. The van der Waals surface area contributed by atoms with Gasteiger partial charge in [-0.25, -0.2) is 4.39 Å². The molecular weight excluding hydrogens is 469 g/mol. The standard InChI is InChI=1S/C19H16BrF3N4OS/c1-11-2-7-16(28-18(22)23)15(8-11)24-19(29)25-17-14(20)10-27(26-17)9-12-3-5-13(21)6-4-12/h2-8,10,18H,9H2,1H3,(H2,24,25,26,29). The van der Waals surface area contributed by atoms with Crippen LogP contribution in [0.5, 0.6) is 5.75 Å². The number of nitrogens with one attached hydrogen (secondary N) is 2. The van der Waals surface area contributed by atoms with E-state index in [-0.39, 0.29) is 16.7 Å². The Kier molecular flexibility index (Phi) is 6.75. The Morgan fingerprint density at radius 1 is 1.21 bits per heavy atom. The third-order valence-electron chi connectivity index (χ3n) is 3.81. The minimum absolute atomic E-state index is 0.0179. The van der Waals surface area contributed by atoms with E-state index < -0.39 is 6.61 Å². The average Bonchev–Trinajstić information content (AvgIpc) is 2.98. The van der Waals surface area contributed by atoms with Crippen LogP contribution in [0.3, 0.4) is 0 Å². The number of rotatable bonds is 6. The lowest BCUT2D eigenvalue weighted by atomic mass is 10.2. The lowest BCUT2D eigenvalue weighted by Crippen LogP contribution is -2.20. The summed E-state index contributed by atoms with van der Waals surface area (Å²) in [6.45, 7) is -0.692. The Morgan fingerprint density at radius 3 is 2.62 bits per heavy atom. The predicted octanol–water partition coefficient (Wildman–Crippen LogP) is 5.55. The van der Waals surface area contributed by atoms with E-state index in [1.165, 1.54) is 18.2 Å². The van der Waals surface area contributed by atoms with Gasteiger partial charge in [0.05, 0.1) is 16.7 Å². The molecule has 0 bridgehead atoms. The molecule has 0 spiro atoms. The van der Waals surface area contributed by atoms with Crippen LogP contribution >= 0.6 is 28.1 Å². The second-order valence-corrected chi connectivity index (χ2v) is 7.37. The maximum atomic E-state index is 13.0. The van der Waals surface area contributed by atoms with E-state index >= 15 is 0 Å². The molecule has 2 aromatic carbocycles. The summed E-state index contributed by atoms with van der Waals surface area (Å²) in [5.41, 5.74) is 2.04. The molecule has 0 aliphatic heterocycles. The molecule has 0 amide bonds. The molecule has 2 N–H and O–H groups in total. The number of halogens is 4. The van der Waals surface area contributed by atoms with Gasteiger partial charge in [-0.3, -0.25) is 4.68 Å². The van der Waals surface area contributed by atoms with E-state index in [2.05, 4.69) is 36.4 Å². The normalized spacial score (nSPS) is 10.8. The Balaban J connectivity index is 1.69. The molecule has 3 aromatic rings. The molecule has 152 valence electrons. The first-order chi connectivity index (χ1) is 13.8. The molecule has 0 aliphatic carbocycles. The predicted molar refractivity (Wildman–Crippen MR) is 113 cm³/mol. The number of thiocarbonyl (C=S) groups is 1. The van der Waals surface area contributed by atoms with Gasteiger partial charge in [-0.1, -0.05) is 18.2 Å². The van der Waals surface area contributed by atoms with Crippen molar-refractivity contribution in [2.24, 2.45) is 0 Å². The van der Waals surface area contributed by atoms with Crippen LogP contribution in [-0.4, -0.2) is 21.5 Å². The maximum Gasteiger partial charge on any atom is 0.387 e. The molecular formula is C19H16BrF3N4OS. The molecule has 0 saturated heterocycles. The first-order valence-electron chi connectivity index (χ1n) is 8.41. The van der Waals surface area contributed by atoms with Gasteiger partial charge < -0.3 is 15.4 Å². The van der Waals surface area contributed by atoms with Crippen molar-refractivity contribution in [2.45, 2.75) is 20.1 Å². The number of hydrogen-bond acceptors (Lipinski definition) is 3. The van der Waals surface area contributed by atoms with Gasteiger partial charge in [0.1, 0.15) is 11.6 Å². The number of alkyl halides is 2. The molecule has 1 aromatic heterocycles. The number of ether oxygens (including phenoxy) is 1. The van der Waals surface area contributed by atoms with Crippen molar-refractivity contribution in [3.8, 4) is 5.75 Å². The van der Waals surface area contributed by atoms with Crippen molar-refractivity contribution in [3.05, 3.63) is 70.1 Å². The van der Waals surface area contributed by atoms with Crippen LogP contribution in [0.15, 0.2) is 53.1 Å². The zero-order valence-corrected chi connectivity index (χ0v) is 17.5. The molecule has 3 rings (SSSR count). The van der Waals surface area contributed by atoms with Gasteiger partial charge in [0.15, 0.2) is 10.9 Å². The van der Waals surface area contributed by atoms with E-state index in [4.69, 9.17) is 12.2 Å². The quantitative estimate of drug-likeness (QED) is 0.449. The highest BCUT2D eigenvalue weighted by molar-refractivity contribution is 9.10. The van der Waals surface area contributed by atoms with Gasteiger partial charge in [-0.05, 0) is 70.5 Å². The summed E-state index contributed by atoms with van der Waals surface area (Å²) >= 11 is 8.67. The maximum absolute atomic E-state index is 13.0. The van der Waals surface area contributed by atoms with Crippen molar-refractivity contribution < 1.29 is 17.9 Å². The van der Waals surface area contributed by atoms with Gasteiger partial charge >= 0.3 is 6.61 Å².